The Labute approximate surface area is 108 Å². The molecule has 1 heterocycles. The highest BCUT2D eigenvalue weighted by Gasteiger charge is 2.27. The molecule has 0 radical (unpaired) electrons. The quantitative estimate of drug-likeness (QED) is 0.768. The number of ketones is 1. The van der Waals surface area contributed by atoms with Gasteiger partial charge in [-0.15, -0.1) is 0 Å². The van der Waals surface area contributed by atoms with Gasteiger partial charge in [0.2, 0.25) is 0 Å². The second-order valence-electron chi connectivity index (χ2n) is 5.02. The number of carbonyl (C=O) groups excluding carboxylic acids is 1. The minimum atomic E-state index is -0.174. The lowest BCUT2D eigenvalue weighted by Crippen LogP contribution is -2.36. The van der Waals surface area contributed by atoms with E-state index in [1.807, 2.05) is 30.3 Å². The number of hydrogen-bond acceptors (Lipinski definition) is 3. The van der Waals surface area contributed by atoms with Gasteiger partial charge in [0, 0.05) is 17.9 Å². The van der Waals surface area contributed by atoms with E-state index in [1.165, 1.54) is 0 Å². The molecule has 18 heavy (non-hydrogen) atoms. The third-order valence-corrected chi connectivity index (χ3v) is 3.10. The Hall–Kier alpha value is -1.19. The molecule has 1 aliphatic rings. The fraction of sp³-hybridized carbons (Fsp3) is 0.533. The Kier molecular flexibility index (Phi) is 4.50. The van der Waals surface area contributed by atoms with Crippen molar-refractivity contribution < 1.29 is 14.3 Å². The largest absolute Gasteiger partial charge is 0.352 e. The highest BCUT2D eigenvalue weighted by Crippen LogP contribution is 2.21. The summed E-state index contributed by atoms with van der Waals surface area (Å²) in [4.78, 5) is 12.1. The molecule has 0 amide bonds. The molecule has 0 spiro atoms. The van der Waals surface area contributed by atoms with E-state index >= 15 is 0 Å². The van der Waals surface area contributed by atoms with Gasteiger partial charge in [-0.1, -0.05) is 44.2 Å². The van der Waals surface area contributed by atoms with Gasteiger partial charge in [0.15, 0.2) is 12.1 Å². The molecule has 3 nitrogen and oxygen atoms in total. The average Bonchev–Trinajstić information content (AvgIpc) is 2.40. The fourth-order valence-electron chi connectivity index (χ4n) is 2.06. The standard InChI is InChI=1S/C15H20O3/c1-11(2)15-17-9-8-13(18-15)10-14(16)12-6-4-3-5-7-12/h3-7,11,13,15H,8-10H2,1-2H3/t13-,15-/m0/s1. The van der Waals surface area contributed by atoms with Crippen molar-refractivity contribution in [2.45, 2.75) is 39.1 Å². The summed E-state index contributed by atoms with van der Waals surface area (Å²) in [5, 5.41) is 0. The Balaban J connectivity index is 1.91. The van der Waals surface area contributed by atoms with E-state index in [1.54, 1.807) is 0 Å². The van der Waals surface area contributed by atoms with E-state index in [0.717, 1.165) is 12.0 Å². The molecule has 0 unspecified atom stereocenters. The van der Waals surface area contributed by atoms with Crippen molar-refractivity contribution in [2.24, 2.45) is 5.92 Å². The minimum absolute atomic E-state index is 0.0149. The fourth-order valence-corrected chi connectivity index (χ4v) is 2.06. The van der Waals surface area contributed by atoms with E-state index in [-0.39, 0.29) is 18.2 Å². The lowest BCUT2D eigenvalue weighted by atomic mass is 10.0. The van der Waals surface area contributed by atoms with Crippen LogP contribution in [0.4, 0.5) is 0 Å². The summed E-state index contributed by atoms with van der Waals surface area (Å²) in [6.07, 6.45) is 1.05. The van der Waals surface area contributed by atoms with Crippen LogP contribution < -0.4 is 0 Å². The van der Waals surface area contributed by atoms with Crippen molar-refractivity contribution in [3.8, 4) is 0 Å². The van der Waals surface area contributed by atoms with Gasteiger partial charge in [0.1, 0.15) is 0 Å². The molecule has 2 rings (SSSR count). The second-order valence-corrected chi connectivity index (χ2v) is 5.02. The molecule has 1 aromatic rings. The van der Waals surface area contributed by atoms with Crippen LogP contribution >= 0.6 is 0 Å². The monoisotopic (exact) mass is 248 g/mol. The number of ether oxygens (including phenoxy) is 2. The number of Topliss-reactive ketones (excluding diaryl/α,β-unsaturated/α-hetero) is 1. The third-order valence-electron chi connectivity index (χ3n) is 3.10. The van der Waals surface area contributed by atoms with Crippen LogP contribution in [0.3, 0.4) is 0 Å². The van der Waals surface area contributed by atoms with Crippen molar-refractivity contribution in [2.75, 3.05) is 6.61 Å². The molecule has 0 saturated carbocycles. The summed E-state index contributed by atoms with van der Waals surface area (Å²) in [6.45, 7) is 4.80. The maximum absolute atomic E-state index is 12.1. The SMILES string of the molecule is CC(C)[C@H]1OCC[C@@H](CC(=O)c2ccccc2)O1. The first-order valence-corrected chi connectivity index (χ1v) is 6.52. The van der Waals surface area contributed by atoms with Crippen molar-refractivity contribution in [1.82, 2.24) is 0 Å². The van der Waals surface area contributed by atoms with E-state index in [9.17, 15) is 4.79 Å². The van der Waals surface area contributed by atoms with Crippen molar-refractivity contribution in [1.29, 1.82) is 0 Å². The van der Waals surface area contributed by atoms with Crippen LogP contribution in [0.2, 0.25) is 0 Å². The topological polar surface area (TPSA) is 35.5 Å². The number of carbonyl (C=O) groups is 1. The van der Waals surface area contributed by atoms with E-state index in [0.29, 0.717) is 18.9 Å². The molecular weight excluding hydrogens is 228 g/mol. The average molecular weight is 248 g/mol. The first kappa shape index (κ1) is 13.2. The summed E-state index contributed by atoms with van der Waals surface area (Å²) in [7, 11) is 0. The van der Waals surface area contributed by atoms with Gasteiger partial charge in [-0.05, 0) is 6.42 Å². The summed E-state index contributed by atoms with van der Waals surface area (Å²) in [5.41, 5.74) is 0.758. The smallest absolute Gasteiger partial charge is 0.165 e. The van der Waals surface area contributed by atoms with Crippen LogP contribution in [0.15, 0.2) is 30.3 Å². The molecule has 1 aromatic carbocycles. The zero-order valence-electron chi connectivity index (χ0n) is 11.0. The van der Waals surface area contributed by atoms with E-state index in [2.05, 4.69) is 13.8 Å². The van der Waals surface area contributed by atoms with Crippen LogP contribution in [-0.4, -0.2) is 24.8 Å². The Bertz CT molecular complexity index is 386. The molecule has 1 saturated heterocycles. The second kappa shape index (κ2) is 6.12. The van der Waals surface area contributed by atoms with Crippen LogP contribution in [0.1, 0.15) is 37.0 Å². The maximum atomic E-state index is 12.1. The molecule has 2 atom stereocenters. The van der Waals surface area contributed by atoms with E-state index in [4.69, 9.17) is 9.47 Å². The van der Waals surface area contributed by atoms with Crippen LogP contribution in [0.25, 0.3) is 0 Å². The number of benzene rings is 1. The lowest BCUT2D eigenvalue weighted by molar-refractivity contribution is -0.229. The van der Waals surface area contributed by atoms with Gasteiger partial charge < -0.3 is 9.47 Å². The summed E-state index contributed by atoms with van der Waals surface area (Å²) in [6, 6.07) is 9.38. The van der Waals surface area contributed by atoms with Gasteiger partial charge in [-0.2, -0.15) is 0 Å². The minimum Gasteiger partial charge on any atom is -0.352 e. The Morgan fingerprint density at radius 2 is 2.06 bits per heavy atom. The molecule has 98 valence electrons. The third kappa shape index (κ3) is 3.40. The van der Waals surface area contributed by atoms with Crippen molar-refractivity contribution in [3.63, 3.8) is 0 Å². The molecule has 0 aromatic heterocycles. The summed E-state index contributed by atoms with van der Waals surface area (Å²) in [5.74, 6) is 0.463. The molecule has 0 bridgehead atoms. The normalized spacial score (nSPS) is 24.2. The van der Waals surface area contributed by atoms with Crippen LogP contribution in [0, 0.1) is 5.92 Å². The zero-order chi connectivity index (χ0) is 13.0. The molecule has 0 aliphatic carbocycles. The van der Waals surface area contributed by atoms with Crippen LogP contribution in [0.5, 0.6) is 0 Å². The highest BCUT2D eigenvalue weighted by molar-refractivity contribution is 5.96. The summed E-state index contributed by atoms with van der Waals surface area (Å²) < 4.78 is 11.3. The predicted octanol–water partition coefficient (Wildman–Crippen LogP) is 3.05. The van der Waals surface area contributed by atoms with Gasteiger partial charge in [-0.3, -0.25) is 4.79 Å². The van der Waals surface area contributed by atoms with Gasteiger partial charge in [0.05, 0.1) is 12.7 Å². The van der Waals surface area contributed by atoms with Crippen molar-refractivity contribution in [3.05, 3.63) is 35.9 Å². The van der Waals surface area contributed by atoms with Gasteiger partial charge >= 0.3 is 0 Å². The first-order chi connectivity index (χ1) is 8.66. The van der Waals surface area contributed by atoms with Gasteiger partial charge in [0.25, 0.3) is 0 Å². The number of hydrogen-bond donors (Lipinski definition) is 0. The lowest BCUT2D eigenvalue weighted by Gasteiger charge is -2.32. The van der Waals surface area contributed by atoms with Crippen LogP contribution in [-0.2, 0) is 9.47 Å². The predicted molar refractivity (Wildman–Crippen MR) is 69.5 cm³/mol. The Morgan fingerprint density at radius 3 is 2.72 bits per heavy atom. The number of rotatable bonds is 4. The Morgan fingerprint density at radius 1 is 1.33 bits per heavy atom. The molecule has 1 aliphatic heterocycles. The highest BCUT2D eigenvalue weighted by atomic mass is 16.7. The van der Waals surface area contributed by atoms with Crippen molar-refractivity contribution >= 4 is 5.78 Å². The first-order valence-electron chi connectivity index (χ1n) is 6.52. The van der Waals surface area contributed by atoms with Gasteiger partial charge in [-0.25, -0.2) is 0 Å². The molecule has 0 N–H and O–H groups in total. The zero-order valence-corrected chi connectivity index (χ0v) is 11.0. The maximum Gasteiger partial charge on any atom is 0.165 e. The molecular formula is C15H20O3. The van der Waals surface area contributed by atoms with E-state index < -0.39 is 0 Å². The molecule has 3 heteroatoms. The molecule has 1 fully saturated rings. The summed E-state index contributed by atoms with van der Waals surface area (Å²) >= 11 is 0.